The van der Waals surface area contributed by atoms with Gasteiger partial charge in [-0.3, -0.25) is 9.69 Å². The second-order valence-electron chi connectivity index (χ2n) is 8.69. The van der Waals surface area contributed by atoms with Gasteiger partial charge in [-0.1, -0.05) is 42.1 Å². The van der Waals surface area contributed by atoms with Gasteiger partial charge >= 0.3 is 0 Å². The van der Waals surface area contributed by atoms with Crippen LogP contribution in [0.25, 0.3) is 0 Å². The Kier molecular flexibility index (Phi) is 7.48. The van der Waals surface area contributed by atoms with Crippen molar-refractivity contribution in [3.63, 3.8) is 0 Å². The maximum absolute atomic E-state index is 13.8. The fourth-order valence-corrected chi connectivity index (χ4v) is 6.74. The maximum Gasteiger partial charge on any atom is 0.269 e. The molecule has 0 saturated carbocycles. The largest absolute Gasteiger partial charge is 0.497 e. The van der Waals surface area contributed by atoms with Crippen LogP contribution in [0.5, 0.6) is 5.75 Å². The molecule has 0 radical (unpaired) electrons. The molecule has 3 aromatic rings. The van der Waals surface area contributed by atoms with Gasteiger partial charge in [0.25, 0.3) is 5.91 Å². The minimum atomic E-state index is -0.0264. The molecule has 37 heavy (non-hydrogen) atoms. The molecule has 0 unspecified atom stereocenters. The smallest absolute Gasteiger partial charge is 0.269 e. The molecule has 0 spiro atoms. The van der Waals surface area contributed by atoms with Gasteiger partial charge in [-0.05, 0) is 67.6 Å². The summed E-state index contributed by atoms with van der Waals surface area (Å²) in [6, 6.07) is 24.3. The third-order valence-corrected chi connectivity index (χ3v) is 8.92. The number of anilines is 2. The Morgan fingerprint density at radius 1 is 0.946 bits per heavy atom. The molecule has 2 heterocycles. The molecule has 5 rings (SSSR count). The van der Waals surface area contributed by atoms with Crippen LogP contribution in [-0.4, -0.2) is 43.2 Å². The summed E-state index contributed by atoms with van der Waals surface area (Å²) in [7, 11) is 3.66. The number of amides is 1. The van der Waals surface area contributed by atoms with Crippen molar-refractivity contribution in [2.75, 3.05) is 37.0 Å². The van der Waals surface area contributed by atoms with Crippen LogP contribution in [0.15, 0.2) is 92.6 Å². The van der Waals surface area contributed by atoms with Gasteiger partial charge < -0.3 is 14.5 Å². The lowest BCUT2D eigenvalue weighted by molar-refractivity contribution is -0.122. The molecule has 0 aromatic heterocycles. The van der Waals surface area contributed by atoms with Crippen LogP contribution in [-0.2, 0) is 11.3 Å². The highest BCUT2D eigenvalue weighted by molar-refractivity contribution is 8.19. The average Bonchev–Trinajstić information content (AvgIpc) is 3.41. The fraction of sp³-hybridized carbons (Fsp3) is 0.241. The van der Waals surface area contributed by atoms with E-state index in [2.05, 4.69) is 35.8 Å². The molecule has 3 aromatic carbocycles. The number of hydrogen-bond acceptors (Lipinski definition) is 7. The van der Waals surface area contributed by atoms with Crippen molar-refractivity contribution in [1.82, 2.24) is 4.90 Å². The number of nitrogens with zero attached hydrogens (tertiary/aromatic N) is 4. The van der Waals surface area contributed by atoms with Crippen LogP contribution in [0.1, 0.15) is 19.4 Å². The number of fused-ring (bicyclic) bond motifs is 1. The number of benzene rings is 3. The Labute approximate surface area is 227 Å². The number of thioether (sulfide) groups is 2. The van der Waals surface area contributed by atoms with E-state index >= 15 is 0 Å². The standard InChI is InChI=1S/C29H30N4O2S2/c1-5-32(6-2)22-14-12-21(13-15-22)30-29-33(19-20-10-8-7-9-11-20)27(34)26(37-29)28-31(3)24-18-23(35-4)16-17-25(24)36-28/h7-18H,5-6,19H2,1-4H3. The van der Waals surface area contributed by atoms with Gasteiger partial charge in [0, 0.05) is 36.8 Å². The first-order valence-corrected chi connectivity index (χ1v) is 14.0. The number of carbonyl (C=O) groups is 1. The van der Waals surface area contributed by atoms with Crippen molar-refractivity contribution >= 4 is 51.7 Å². The van der Waals surface area contributed by atoms with Crippen molar-refractivity contribution in [2.24, 2.45) is 4.99 Å². The second-order valence-corrected chi connectivity index (χ2v) is 10.7. The summed E-state index contributed by atoms with van der Waals surface area (Å²) in [5.74, 6) is 0.769. The normalized spacial score (nSPS) is 18.1. The highest BCUT2D eigenvalue weighted by Gasteiger charge is 2.39. The number of aliphatic imine (C=N–C) groups is 1. The lowest BCUT2D eigenvalue weighted by atomic mass is 10.2. The van der Waals surface area contributed by atoms with E-state index in [4.69, 9.17) is 9.73 Å². The highest BCUT2D eigenvalue weighted by Crippen LogP contribution is 2.51. The van der Waals surface area contributed by atoms with Crippen LogP contribution in [0.3, 0.4) is 0 Å². The van der Waals surface area contributed by atoms with Crippen molar-refractivity contribution in [3.05, 3.63) is 88.3 Å². The van der Waals surface area contributed by atoms with Gasteiger partial charge in [-0.25, -0.2) is 4.99 Å². The Hall–Kier alpha value is -3.36. The Balaban J connectivity index is 1.50. The molecule has 1 fully saturated rings. The number of hydrogen-bond donors (Lipinski definition) is 0. The minimum Gasteiger partial charge on any atom is -0.497 e. The van der Waals surface area contributed by atoms with Crippen LogP contribution in [0.4, 0.5) is 17.1 Å². The van der Waals surface area contributed by atoms with Gasteiger partial charge in [0.1, 0.15) is 10.7 Å². The molecular weight excluding hydrogens is 500 g/mol. The van der Waals surface area contributed by atoms with Crippen LogP contribution >= 0.6 is 23.5 Å². The van der Waals surface area contributed by atoms with E-state index in [9.17, 15) is 4.79 Å². The van der Waals surface area contributed by atoms with Crippen molar-refractivity contribution in [2.45, 2.75) is 25.3 Å². The van der Waals surface area contributed by atoms with Crippen LogP contribution < -0.4 is 14.5 Å². The van der Waals surface area contributed by atoms with Gasteiger partial charge in [0.2, 0.25) is 0 Å². The van der Waals surface area contributed by atoms with Gasteiger partial charge in [0.05, 0.1) is 30.1 Å². The van der Waals surface area contributed by atoms with E-state index < -0.39 is 0 Å². The summed E-state index contributed by atoms with van der Waals surface area (Å²) < 4.78 is 5.42. The van der Waals surface area contributed by atoms with E-state index in [-0.39, 0.29) is 5.91 Å². The summed E-state index contributed by atoms with van der Waals surface area (Å²) in [6.45, 7) is 6.68. The summed E-state index contributed by atoms with van der Waals surface area (Å²) in [5.41, 5.74) is 4.10. The molecule has 0 N–H and O–H groups in total. The van der Waals surface area contributed by atoms with Gasteiger partial charge in [-0.2, -0.15) is 0 Å². The predicted molar refractivity (Wildman–Crippen MR) is 156 cm³/mol. The molecule has 1 saturated heterocycles. The third kappa shape index (κ3) is 5.08. The maximum atomic E-state index is 13.8. The number of ether oxygens (including phenoxy) is 1. The zero-order chi connectivity index (χ0) is 25.9. The van der Waals surface area contributed by atoms with Gasteiger partial charge in [0.15, 0.2) is 5.17 Å². The first-order chi connectivity index (χ1) is 18.0. The summed E-state index contributed by atoms with van der Waals surface area (Å²) >= 11 is 3.06. The first-order valence-electron chi connectivity index (χ1n) is 12.3. The van der Waals surface area contributed by atoms with E-state index in [1.165, 1.54) is 17.4 Å². The average molecular weight is 531 g/mol. The lowest BCUT2D eigenvalue weighted by Gasteiger charge is -2.21. The zero-order valence-electron chi connectivity index (χ0n) is 21.5. The van der Waals surface area contributed by atoms with Crippen molar-refractivity contribution in [1.29, 1.82) is 0 Å². The van der Waals surface area contributed by atoms with Crippen molar-refractivity contribution in [3.8, 4) is 5.75 Å². The third-order valence-electron chi connectivity index (χ3n) is 6.48. The first kappa shape index (κ1) is 25.3. The SMILES string of the molecule is CCN(CC)c1ccc(N=C2SC(=C3Sc4ccc(OC)cc4N3C)C(=O)N2Cc2ccccc2)cc1. The second kappa shape index (κ2) is 10.9. The summed E-state index contributed by atoms with van der Waals surface area (Å²) in [4.78, 5) is 26.7. The monoisotopic (exact) mass is 530 g/mol. The molecule has 8 heteroatoms. The molecule has 0 aliphatic carbocycles. The quantitative estimate of drug-likeness (QED) is 0.316. The summed E-state index contributed by atoms with van der Waals surface area (Å²) in [6.07, 6.45) is 0. The Morgan fingerprint density at radius 3 is 2.35 bits per heavy atom. The fourth-order valence-electron chi connectivity index (χ4n) is 4.41. The lowest BCUT2D eigenvalue weighted by Crippen LogP contribution is -2.29. The number of amidine groups is 1. The van der Waals surface area contributed by atoms with Crippen molar-refractivity contribution < 1.29 is 9.53 Å². The molecule has 2 aliphatic heterocycles. The van der Waals surface area contributed by atoms with Crippen LogP contribution in [0, 0.1) is 0 Å². The topological polar surface area (TPSA) is 48.4 Å². The van der Waals surface area contributed by atoms with E-state index in [1.54, 1.807) is 23.8 Å². The minimum absolute atomic E-state index is 0.0264. The molecule has 1 amide bonds. The highest BCUT2D eigenvalue weighted by atomic mass is 32.2. The summed E-state index contributed by atoms with van der Waals surface area (Å²) in [5, 5.41) is 1.60. The molecular formula is C29H30N4O2S2. The predicted octanol–water partition coefficient (Wildman–Crippen LogP) is 6.72. The molecule has 0 bridgehead atoms. The number of carbonyl (C=O) groups excluding carboxylic acids is 1. The Bertz CT molecular complexity index is 1350. The molecule has 0 atom stereocenters. The number of rotatable bonds is 7. The van der Waals surface area contributed by atoms with E-state index in [0.717, 1.165) is 45.7 Å². The Morgan fingerprint density at radius 2 is 1.68 bits per heavy atom. The molecule has 6 nitrogen and oxygen atoms in total. The number of methoxy groups -OCH3 is 1. The zero-order valence-corrected chi connectivity index (χ0v) is 23.1. The van der Waals surface area contributed by atoms with E-state index in [0.29, 0.717) is 16.6 Å². The van der Waals surface area contributed by atoms with Crippen LogP contribution in [0.2, 0.25) is 0 Å². The van der Waals surface area contributed by atoms with Gasteiger partial charge in [-0.15, -0.1) is 0 Å². The molecule has 190 valence electrons. The molecule has 2 aliphatic rings. The van der Waals surface area contributed by atoms with E-state index in [1.807, 2.05) is 67.7 Å².